The maximum Gasteiger partial charge on any atom is 0.332 e. The zero-order valence-corrected chi connectivity index (χ0v) is 19.6. The Hall–Kier alpha value is -2.62. The molecule has 3 aromatic heterocycles. The summed E-state index contributed by atoms with van der Waals surface area (Å²) in [6, 6.07) is 0.428. The molecule has 0 atom stereocenters. The normalized spacial score (nSPS) is 15.4. The molecule has 4 rings (SSSR count). The molecule has 0 aliphatic carbocycles. The molecule has 168 valence electrons. The molecule has 1 aliphatic rings. The van der Waals surface area contributed by atoms with Crippen molar-refractivity contribution in [2.45, 2.75) is 52.7 Å². The minimum absolute atomic E-state index is 0.00722. The summed E-state index contributed by atoms with van der Waals surface area (Å²) in [5, 5.41) is 1.05. The lowest BCUT2D eigenvalue weighted by atomic mass is 10.1. The van der Waals surface area contributed by atoms with Crippen LogP contribution in [-0.2, 0) is 20.6 Å². The SMILES string of the molecule is Cc1cnc(N2CCC(Oc3nc4c(c(=O)n(C)c(=O)n4C)n3CCC(C)C)CC2)s1. The fourth-order valence-electron chi connectivity index (χ4n) is 3.91. The highest BCUT2D eigenvalue weighted by molar-refractivity contribution is 7.15. The van der Waals surface area contributed by atoms with Crippen LogP contribution in [0.3, 0.4) is 0 Å². The van der Waals surface area contributed by atoms with Crippen LogP contribution in [0.25, 0.3) is 11.2 Å². The van der Waals surface area contributed by atoms with E-state index in [2.05, 4.69) is 35.6 Å². The van der Waals surface area contributed by atoms with E-state index in [1.165, 1.54) is 16.5 Å². The van der Waals surface area contributed by atoms with E-state index in [1.807, 2.05) is 10.8 Å². The summed E-state index contributed by atoms with van der Waals surface area (Å²) >= 11 is 1.71. The molecule has 0 aromatic carbocycles. The number of hydrogen-bond donors (Lipinski definition) is 0. The van der Waals surface area contributed by atoms with Gasteiger partial charge in [0.1, 0.15) is 6.10 Å². The standard InChI is InChI=1S/C21H30N6O3S/c1-13(2)6-11-27-16-17(24(4)21(29)25(5)18(16)28)23-19(27)30-15-7-9-26(10-8-15)20-22-12-14(3)31-20/h12-13,15H,6-11H2,1-5H3. The maximum absolute atomic E-state index is 12.9. The molecular weight excluding hydrogens is 416 g/mol. The molecule has 0 N–H and O–H groups in total. The van der Waals surface area contributed by atoms with E-state index in [0.29, 0.717) is 29.6 Å². The Balaban J connectivity index is 1.62. The summed E-state index contributed by atoms with van der Waals surface area (Å²) in [5.74, 6) is 0.465. The lowest BCUT2D eigenvalue weighted by molar-refractivity contribution is 0.150. The van der Waals surface area contributed by atoms with Gasteiger partial charge < -0.3 is 9.64 Å². The van der Waals surface area contributed by atoms with E-state index in [1.54, 1.807) is 18.4 Å². The Morgan fingerprint density at radius 1 is 1.19 bits per heavy atom. The van der Waals surface area contributed by atoms with Crippen LogP contribution in [0.4, 0.5) is 5.13 Å². The van der Waals surface area contributed by atoms with Gasteiger partial charge in [0.15, 0.2) is 16.3 Å². The first kappa shape index (κ1) is 21.6. The van der Waals surface area contributed by atoms with Crippen molar-refractivity contribution in [3.63, 3.8) is 0 Å². The number of fused-ring (bicyclic) bond motifs is 1. The zero-order chi connectivity index (χ0) is 22.3. The summed E-state index contributed by atoms with van der Waals surface area (Å²) in [6.45, 7) is 8.70. The molecule has 10 heteroatoms. The van der Waals surface area contributed by atoms with Gasteiger partial charge in [-0.15, -0.1) is 11.3 Å². The summed E-state index contributed by atoms with van der Waals surface area (Å²) in [4.78, 5) is 37.9. The van der Waals surface area contributed by atoms with Crippen LogP contribution in [-0.4, -0.2) is 42.9 Å². The van der Waals surface area contributed by atoms with Crippen LogP contribution in [0.15, 0.2) is 15.8 Å². The van der Waals surface area contributed by atoms with Crippen molar-refractivity contribution < 1.29 is 4.74 Å². The highest BCUT2D eigenvalue weighted by Gasteiger charge is 2.26. The molecule has 0 amide bonds. The number of anilines is 1. The molecule has 0 spiro atoms. The second-order valence-corrected chi connectivity index (χ2v) is 9.88. The van der Waals surface area contributed by atoms with Gasteiger partial charge in [0, 0.05) is 57.6 Å². The average Bonchev–Trinajstić information content (AvgIpc) is 3.33. The van der Waals surface area contributed by atoms with Gasteiger partial charge in [0.05, 0.1) is 0 Å². The van der Waals surface area contributed by atoms with Gasteiger partial charge in [-0.2, -0.15) is 4.98 Å². The molecule has 4 heterocycles. The van der Waals surface area contributed by atoms with Gasteiger partial charge >= 0.3 is 5.69 Å². The molecular formula is C21H30N6O3S. The predicted octanol–water partition coefficient (Wildman–Crippen LogP) is 2.29. The van der Waals surface area contributed by atoms with Crippen molar-refractivity contribution in [1.29, 1.82) is 0 Å². The van der Waals surface area contributed by atoms with Crippen molar-refractivity contribution in [3.8, 4) is 6.01 Å². The Bertz CT molecular complexity index is 1200. The lowest BCUT2D eigenvalue weighted by Gasteiger charge is -2.31. The zero-order valence-electron chi connectivity index (χ0n) is 18.8. The van der Waals surface area contributed by atoms with Gasteiger partial charge in [-0.3, -0.25) is 18.5 Å². The van der Waals surface area contributed by atoms with Gasteiger partial charge in [-0.1, -0.05) is 13.8 Å². The van der Waals surface area contributed by atoms with Crippen LogP contribution < -0.4 is 20.9 Å². The summed E-state index contributed by atoms with van der Waals surface area (Å²) in [7, 11) is 3.14. The van der Waals surface area contributed by atoms with Crippen molar-refractivity contribution in [3.05, 3.63) is 31.9 Å². The molecule has 3 aromatic rings. The minimum atomic E-state index is -0.385. The number of nitrogens with zero attached hydrogens (tertiary/aromatic N) is 6. The number of aryl methyl sites for hydroxylation is 3. The number of imidazole rings is 1. The van der Waals surface area contributed by atoms with E-state index in [4.69, 9.17) is 4.74 Å². The molecule has 0 radical (unpaired) electrons. The van der Waals surface area contributed by atoms with Gasteiger partial charge in [0.25, 0.3) is 11.6 Å². The molecule has 1 saturated heterocycles. The average molecular weight is 447 g/mol. The molecule has 0 saturated carbocycles. The highest BCUT2D eigenvalue weighted by Crippen LogP contribution is 2.27. The van der Waals surface area contributed by atoms with E-state index in [9.17, 15) is 9.59 Å². The number of ether oxygens (including phenoxy) is 1. The van der Waals surface area contributed by atoms with E-state index >= 15 is 0 Å². The minimum Gasteiger partial charge on any atom is -0.461 e. The summed E-state index contributed by atoms with van der Waals surface area (Å²) in [5.41, 5.74) is 0.0845. The first-order valence-corrected chi connectivity index (χ1v) is 11.6. The van der Waals surface area contributed by atoms with Gasteiger partial charge in [-0.25, -0.2) is 9.78 Å². The van der Waals surface area contributed by atoms with Gasteiger partial charge in [0.2, 0.25) is 0 Å². The first-order chi connectivity index (χ1) is 14.8. The third-order valence-corrected chi connectivity index (χ3v) is 6.81. The number of aromatic nitrogens is 5. The smallest absolute Gasteiger partial charge is 0.332 e. The van der Waals surface area contributed by atoms with Crippen molar-refractivity contribution >= 4 is 27.6 Å². The number of thiazole rings is 1. The fourth-order valence-corrected chi connectivity index (χ4v) is 4.72. The quantitative estimate of drug-likeness (QED) is 0.577. The van der Waals surface area contributed by atoms with E-state index < -0.39 is 0 Å². The molecule has 0 unspecified atom stereocenters. The lowest BCUT2D eigenvalue weighted by Crippen LogP contribution is -2.38. The monoisotopic (exact) mass is 446 g/mol. The number of piperidine rings is 1. The maximum atomic E-state index is 12.9. The second kappa shape index (κ2) is 8.49. The van der Waals surface area contributed by atoms with Crippen LogP contribution in [0.2, 0.25) is 0 Å². The third-order valence-electron chi connectivity index (χ3n) is 5.84. The highest BCUT2D eigenvalue weighted by atomic mass is 32.1. The second-order valence-electron chi connectivity index (χ2n) is 8.66. The van der Waals surface area contributed by atoms with Crippen LogP contribution >= 0.6 is 11.3 Å². The van der Waals surface area contributed by atoms with Crippen LogP contribution in [0, 0.1) is 12.8 Å². The summed E-state index contributed by atoms with van der Waals surface area (Å²) < 4.78 is 10.7. The molecule has 1 aliphatic heterocycles. The number of rotatable bonds is 6. The Morgan fingerprint density at radius 2 is 1.90 bits per heavy atom. The van der Waals surface area contributed by atoms with Crippen molar-refractivity contribution in [2.24, 2.45) is 20.0 Å². The topological polar surface area (TPSA) is 87.2 Å². The Labute approximate surface area is 184 Å². The van der Waals surface area contributed by atoms with Crippen LogP contribution in [0.5, 0.6) is 6.01 Å². The van der Waals surface area contributed by atoms with E-state index in [0.717, 1.165) is 42.1 Å². The largest absolute Gasteiger partial charge is 0.461 e. The third kappa shape index (κ3) is 4.13. The molecule has 31 heavy (non-hydrogen) atoms. The summed E-state index contributed by atoms with van der Waals surface area (Å²) in [6.07, 6.45) is 4.50. The van der Waals surface area contributed by atoms with Crippen molar-refractivity contribution in [1.82, 2.24) is 23.7 Å². The Kier molecular flexibility index (Phi) is 5.92. The Morgan fingerprint density at radius 3 is 2.52 bits per heavy atom. The first-order valence-electron chi connectivity index (χ1n) is 10.8. The van der Waals surface area contributed by atoms with Crippen molar-refractivity contribution in [2.75, 3.05) is 18.0 Å². The van der Waals surface area contributed by atoms with Gasteiger partial charge in [-0.05, 0) is 19.3 Å². The molecule has 1 fully saturated rings. The van der Waals surface area contributed by atoms with E-state index in [-0.39, 0.29) is 17.4 Å². The fraction of sp³-hybridized carbons (Fsp3) is 0.619. The molecule has 9 nitrogen and oxygen atoms in total. The predicted molar refractivity (Wildman–Crippen MR) is 122 cm³/mol. The van der Waals surface area contributed by atoms with Crippen LogP contribution in [0.1, 0.15) is 38.0 Å². The molecule has 0 bridgehead atoms. The number of hydrogen-bond acceptors (Lipinski definition) is 7.